The molecular formula is C22H21FN2O2S. The molecule has 1 atom stereocenters. The molecule has 1 N–H and O–H groups in total. The minimum Gasteiger partial charge on any atom is -0.492 e. The predicted molar refractivity (Wildman–Crippen MR) is 108 cm³/mol. The van der Waals surface area contributed by atoms with Gasteiger partial charge in [0.05, 0.1) is 12.6 Å². The topological polar surface area (TPSA) is 41.6 Å². The molecule has 1 aliphatic heterocycles. The average Bonchev–Trinajstić information content (AvgIpc) is 3.15. The van der Waals surface area contributed by atoms with Crippen LogP contribution in [0.15, 0.2) is 66.0 Å². The van der Waals surface area contributed by atoms with E-state index in [2.05, 4.69) is 10.2 Å². The van der Waals surface area contributed by atoms with Crippen LogP contribution < -0.4 is 10.1 Å². The van der Waals surface area contributed by atoms with Gasteiger partial charge in [-0.3, -0.25) is 9.69 Å². The molecule has 144 valence electrons. The number of halogens is 1. The van der Waals surface area contributed by atoms with E-state index in [9.17, 15) is 9.18 Å². The minimum absolute atomic E-state index is 0.0675. The third kappa shape index (κ3) is 4.40. The Labute approximate surface area is 167 Å². The summed E-state index contributed by atoms with van der Waals surface area (Å²) in [7, 11) is 0. The summed E-state index contributed by atoms with van der Waals surface area (Å²) in [6.07, 6.45) is 0. The fraction of sp³-hybridized carbons (Fsp3) is 0.227. The molecule has 0 aliphatic carbocycles. The Morgan fingerprint density at radius 3 is 2.75 bits per heavy atom. The number of para-hydroxylation sites is 1. The van der Waals surface area contributed by atoms with E-state index >= 15 is 0 Å². The van der Waals surface area contributed by atoms with Crippen molar-refractivity contribution in [2.45, 2.75) is 12.6 Å². The van der Waals surface area contributed by atoms with Crippen LogP contribution in [0.5, 0.6) is 5.75 Å². The molecule has 1 aliphatic rings. The summed E-state index contributed by atoms with van der Waals surface area (Å²) in [4.78, 5) is 15.9. The first-order valence-corrected chi connectivity index (χ1v) is 10.1. The number of fused-ring (bicyclic) bond motifs is 1. The molecule has 0 fully saturated rings. The van der Waals surface area contributed by atoms with Crippen molar-refractivity contribution in [2.24, 2.45) is 0 Å². The monoisotopic (exact) mass is 396 g/mol. The lowest BCUT2D eigenvalue weighted by Gasteiger charge is -2.22. The maximum atomic E-state index is 13.3. The maximum Gasteiger partial charge on any atom is 0.234 e. The second-order valence-electron chi connectivity index (χ2n) is 6.73. The van der Waals surface area contributed by atoms with Gasteiger partial charge < -0.3 is 10.1 Å². The van der Waals surface area contributed by atoms with Crippen molar-refractivity contribution in [3.05, 3.63) is 87.9 Å². The fourth-order valence-corrected chi connectivity index (χ4v) is 4.16. The van der Waals surface area contributed by atoms with Gasteiger partial charge in [-0.1, -0.05) is 36.4 Å². The molecule has 0 saturated heterocycles. The fourth-order valence-electron chi connectivity index (χ4n) is 3.35. The van der Waals surface area contributed by atoms with Crippen LogP contribution in [0.3, 0.4) is 0 Å². The molecule has 6 heteroatoms. The lowest BCUT2D eigenvalue weighted by atomic mass is 10.1. The van der Waals surface area contributed by atoms with Crippen LogP contribution in [0.2, 0.25) is 0 Å². The summed E-state index contributed by atoms with van der Waals surface area (Å²) in [6, 6.07) is 17.8. The molecule has 0 spiro atoms. The maximum absolute atomic E-state index is 13.3. The summed E-state index contributed by atoms with van der Waals surface area (Å²) in [5, 5.41) is 5.09. The van der Waals surface area contributed by atoms with E-state index in [1.54, 1.807) is 23.5 Å². The van der Waals surface area contributed by atoms with Crippen LogP contribution in [-0.4, -0.2) is 30.5 Å². The van der Waals surface area contributed by atoms with Crippen molar-refractivity contribution in [3.8, 4) is 5.75 Å². The number of thiophene rings is 1. The first-order valence-electron chi connectivity index (χ1n) is 9.20. The number of carbonyl (C=O) groups excluding carboxylic acids is 1. The molecule has 1 aromatic heterocycles. The van der Waals surface area contributed by atoms with Gasteiger partial charge in [-0.15, -0.1) is 11.3 Å². The van der Waals surface area contributed by atoms with Crippen molar-refractivity contribution in [1.29, 1.82) is 0 Å². The van der Waals surface area contributed by atoms with Crippen molar-refractivity contribution in [3.63, 3.8) is 0 Å². The normalized spacial score (nSPS) is 15.2. The van der Waals surface area contributed by atoms with E-state index in [4.69, 9.17) is 4.74 Å². The second-order valence-corrected chi connectivity index (χ2v) is 7.71. The van der Waals surface area contributed by atoms with Crippen molar-refractivity contribution in [2.75, 3.05) is 19.7 Å². The summed E-state index contributed by atoms with van der Waals surface area (Å²) >= 11 is 1.57. The number of ether oxygens (including phenoxy) is 1. The molecule has 4 nitrogen and oxygen atoms in total. The number of rotatable bonds is 5. The Kier molecular flexibility index (Phi) is 5.69. The standard InChI is InChI=1S/C22H21FN2O2S/c23-18-9-7-16(8-10-18)22(20-6-3-13-28-20)24-21(26)15-25-11-12-27-19-5-2-1-4-17(19)14-25/h1-10,13,22H,11-12,14-15H2,(H,24,26). The van der Waals surface area contributed by atoms with Crippen LogP contribution in [0.25, 0.3) is 0 Å². The molecular weight excluding hydrogens is 375 g/mol. The van der Waals surface area contributed by atoms with Gasteiger partial charge in [0.1, 0.15) is 18.2 Å². The van der Waals surface area contributed by atoms with Gasteiger partial charge in [0, 0.05) is 23.5 Å². The summed E-state index contributed by atoms with van der Waals surface area (Å²) < 4.78 is 19.1. The largest absolute Gasteiger partial charge is 0.492 e. The van der Waals surface area contributed by atoms with Gasteiger partial charge in [-0.2, -0.15) is 0 Å². The zero-order chi connectivity index (χ0) is 19.3. The number of benzene rings is 2. The summed E-state index contributed by atoms with van der Waals surface area (Å²) in [6.45, 7) is 2.18. The number of hydrogen-bond donors (Lipinski definition) is 1. The lowest BCUT2D eigenvalue weighted by molar-refractivity contribution is -0.122. The Morgan fingerprint density at radius 1 is 1.14 bits per heavy atom. The molecule has 1 unspecified atom stereocenters. The highest BCUT2D eigenvalue weighted by Gasteiger charge is 2.21. The SMILES string of the molecule is O=C(CN1CCOc2ccccc2C1)NC(c1ccc(F)cc1)c1cccs1. The third-order valence-electron chi connectivity index (χ3n) is 4.74. The molecule has 4 rings (SSSR count). The van der Waals surface area contributed by atoms with Gasteiger partial charge in [0.25, 0.3) is 0 Å². The first-order chi connectivity index (χ1) is 13.7. The smallest absolute Gasteiger partial charge is 0.234 e. The average molecular weight is 396 g/mol. The van der Waals surface area contributed by atoms with Gasteiger partial charge in [0.15, 0.2) is 0 Å². The number of hydrogen-bond acceptors (Lipinski definition) is 4. The van der Waals surface area contributed by atoms with Crippen molar-refractivity contribution < 1.29 is 13.9 Å². The molecule has 0 radical (unpaired) electrons. The second kappa shape index (κ2) is 8.54. The van der Waals surface area contributed by atoms with Crippen molar-refractivity contribution >= 4 is 17.2 Å². The van der Waals surface area contributed by atoms with Crippen LogP contribution in [-0.2, 0) is 11.3 Å². The highest BCUT2D eigenvalue weighted by molar-refractivity contribution is 7.10. The number of amides is 1. The zero-order valence-corrected chi connectivity index (χ0v) is 16.1. The predicted octanol–water partition coefficient (Wildman–Crippen LogP) is 3.99. The van der Waals surface area contributed by atoms with Gasteiger partial charge in [-0.25, -0.2) is 4.39 Å². The van der Waals surface area contributed by atoms with E-state index < -0.39 is 0 Å². The number of nitrogens with zero attached hydrogens (tertiary/aromatic N) is 1. The molecule has 1 amide bonds. The summed E-state index contributed by atoms with van der Waals surface area (Å²) in [5.74, 6) is 0.526. The van der Waals surface area contributed by atoms with E-state index in [-0.39, 0.29) is 24.3 Å². The highest BCUT2D eigenvalue weighted by atomic mass is 32.1. The van der Waals surface area contributed by atoms with Crippen molar-refractivity contribution in [1.82, 2.24) is 10.2 Å². The van der Waals surface area contributed by atoms with Crippen LogP contribution in [0.4, 0.5) is 4.39 Å². The lowest BCUT2D eigenvalue weighted by Crippen LogP contribution is -2.39. The molecule has 2 heterocycles. The van der Waals surface area contributed by atoms with Gasteiger partial charge in [0.2, 0.25) is 5.91 Å². The highest BCUT2D eigenvalue weighted by Crippen LogP contribution is 2.27. The zero-order valence-electron chi connectivity index (χ0n) is 15.3. The Morgan fingerprint density at radius 2 is 1.96 bits per heavy atom. The third-order valence-corrected chi connectivity index (χ3v) is 5.67. The van der Waals surface area contributed by atoms with E-state index in [1.165, 1.54) is 12.1 Å². The van der Waals surface area contributed by atoms with Gasteiger partial charge in [-0.05, 0) is 35.2 Å². The molecule has 3 aromatic rings. The van der Waals surface area contributed by atoms with Crippen LogP contribution in [0, 0.1) is 5.82 Å². The van der Waals surface area contributed by atoms with Gasteiger partial charge >= 0.3 is 0 Å². The Balaban J connectivity index is 1.47. The van der Waals surface area contributed by atoms with E-state index in [0.717, 1.165) is 21.8 Å². The van der Waals surface area contributed by atoms with Crippen LogP contribution >= 0.6 is 11.3 Å². The Bertz CT molecular complexity index is 928. The molecule has 0 saturated carbocycles. The first kappa shape index (κ1) is 18.7. The van der Waals surface area contributed by atoms with Crippen LogP contribution in [0.1, 0.15) is 22.0 Å². The van der Waals surface area contributed by atoms with E-state index in [1.807, 2.05) is 41.8 Å². The minimum atomic E-state index is -0.289. The summed E-state index contributed by atoms with van der Waals surface area (Å²) in [5.41, 5.74) is 1.95. The molecule has 28 heavy (non-hydrogen) atoms. The molecule has 2 aromatic carbocycles. The molecule has 0 bridgehead atoms. The quantitative estimate of drug-likeness (QED) is 0.709. The number of nitrogens with one attached hydrogen (secondary N) is 1. The van der Waals surface area contributed by atoms with E-state index in [0.29, 0.717) is 19.7 Å². The Hall–Kier alpha value is -2.70. The number of carbonyl (C=O) groups is 1.